The highest BCUT2D eigenvalue weighted by Gasteiger charge is 2.20. The van der Waals surface area contributed by atoms with Crippen molar-refractivity contribution in [2.45, 2.75) is 46.1 Å². The molecule has 0 radical (unpaired) electrons. The Bertz CT molecular complexity index is 382. The number of nitrogens with zero attached hydrogens (tertiary/aromatic N) is 1. The van der Waals surface area contributed by atoms with E-state index >= 15 is 0 Å². The van der Waals surface area contributed by atoms with Crippen molar-refractivity contribution < 1.29 is 5.11 Å². The Kier molecular flexibility index (Phi) is 3.39. The van der Waals surface area contributed by atoms with Crippen LogP contribution in [0.3, 0.4) is 0 Å². The predicted octanol–water partition coefficient (Wildman–Crippen LogP) is 1.03. The minimum absolute atomic E-state index is 0.00611. The van der Waals surface area contributed by atoms with Gasteiger partial charge in [0.15, 0.2) is 0 Å². The predicted molar refractivity (Wildman–Crippen MR) is 60.2 cm³/mol. The van der Waals surface area contributed by atoms with E-state index in [9.17, 15) is 4.79 Å². The molecule has 0 atom stereocenters. The molecule has 0 amide bonds. The average Bonchev–Trinajstić information content (AvgIpc) is 2.44. The van der Waals surface area contributed by atoms with Crippen LogP contribution in [0.4, 0.5) is 0 Å². The van der Waals surface area contributed by atoms with Crippen molar-refractivity contribution >= 4 is 0 Å². The number of aromatic amines is 1. The molecule has 0 aliphatic heterocycles. The van der Waals surface area contributed by atoms with Gasteiger partial charge in [0.25, 0.3) is 5.56 Å². The van der Waals surface area contributed by atoms with Crippen LogP contribution in [0.15, 0.2) is 4.79 Å². The molecule has 0 fully saturated rings. The van der Waals surface area contributed by atoms with Crippen LogP contribution < -0.4 is 5.56 Å². The minimum atomic E-state index is -0.241. The molecule has 0 saturated heterocycles. The fraction of sp³-hybridized carbons (Fsp3) is 0.727. The van der Waals surface area contributed by atoms with Gasteiger partial charge in [-0.3, -0.25) is 9.89 Å². The molecule has 4 nitrogen and oxygen atoms in total. The normalized spacial score (nSPS) is 12.1. The fourth-order valence-electron chi connectivity index (χ4n) is 1.65. The lowest BCUT2D eigenvalue weighted by atomic mass is 10.1. The van der Waals surface area contributed by atoms with Gasteiger partial charge in [-0.05, 0) is 27.2 Å². The summed E-state index contributed by atoms with van der Waals surface area (Å²) in [4.78, 5) is 12.0. The van der Waals surface area contributed by atoms with Crippen molar-refractivity contribution in [2.75, 3.05) is 6.61 Å². The Morgan fingerprint density at radius 1 is 1.40 bits per heavy atom. The maximum Gasteiger partial charge on any atom is 0.270 e. The number of rotatable bonds is 3. The molecule has 15 heavy (non-hydrogen) atoms. The number of aromatic nitrogens is 2. The summed E-state index contributed by atoms with van der Waals surface area (Å²) in [5.41, 5.74) is 1.40. The molecular formula is C11H20N2O2. The number of H-pyrrole nitrogens is 1. The first-order valence-electron chi connectivity index (χ1n) is 5.36. The highest BCUT2D eigenvalue weighted by atomic mass is 16.3. The van der Waals surface area contributed by atoms with Crippen molar-refractivity contribution in [3.05, 3.63) is 21.6 Å². The summed E-state index contributed by atoms with van der Waals surface area (Å²) in [5, 5.41) is 12.0. The van der Waals surface area contributed by atoms with E-state index in [2.05, 4.69) is 5.10 Å². The van der Waals surface area contributed by atoms with Crippen LogP contribution in [0.2, 0.25) is 0 Å². The lowest BCUT2D eigenvalue weighted by Crippen LogP contribution is -2.33. The summed E-state index contributed by atoms with van der Waals surface area (Å²) in [7, 11) is 0. The molecule has 1 heterocycles. The van der Waals surface area contributed by atoms with E-state index in [1.807, 2.05) is 27.7 Å². The first-order valence-corrected chi connectivity index (χ1v) is 5.36. The molecule has 0 saturated carbocycles. The van der Waals surface area contributed by atoms with Crippen LogP contribution >= 0.6 is 0 Å². The van der Waals surface area contributed by atoms with Gasteiger partial charge >= 0.3 is 0 Å². The van der Waals surface area contributed by atoms with Crippen LogP contribution in [0.25, 0.3) is 0 Å². The molecule has 0 aliphatic carbocycles. The maximum atomic E-state index is 12.0. The van der Waals surface area contributed by atoms with E-state index in [-0.39, 0.29) is 17.7 Å². The number of aryl methyl sites for hydroxylation is 1. The number of nitrogens with one attached hydrogen (secondary N) is 1. The van der Waals surface area contributed by atoms with E-state index in [4.69, 9.17) is 5.11 Å². The monoisotopic (exact) mass is 212 g/mol. The Morgan fingerprint density at radius 3 is 2.40 bits per heavy atom. The van der Waals surface area contributed by atoms with E-state index in [0.29, 0.717) is 6.42 Å². The summed E-state index contributed by atoms with van der Waals surface area (Å²) < 4.78 is 1.64. The quantitative estimate of drug-likeness (QED) is 0.786. The molecule has 4 heteroatoms. The first kappa shape index (κ1) is 12.0. The van der Waals surface area contributed by atoms with E-state index in [0.717, 1.165) is 17.7 Å². The van der Waals surface area contributed by atoms with Crippen LogP contribution in [0.5, 0.6) is 0 Å². The topological polar surface area (TPSA) is 58.0 Å². The van der Waals surface area contributed by atoms with Crippen molar-refractivity contribution in [2.24, 2.45) is 0 Å². The summed E-state index contributed by atoms with van der Waals surface area (Å²) in [6.07, 6.45) is 1.22. The maximum absolute atomic E-state index is 12.0. The zero-order valence-electron chi connectivity index (χ0n) is 9.92. The summed E-state index contributed by atoms with van der Waals surface area (Å²) in [6, 6.07) is 0. The van der Waals surface area contributed by atoms with E-state index < -0.39 is 0 Å². The highest BCUT2D eigenvalue weighted by Crippen LogP contribution is 2.12. The third kappa shape index (κ3) is 2.31. The van der Waals surface area contributed by atoms with Crippen molar-refractivity contribution in [1.82, 2.24) is 9.78 Å². The molecule has 0 bridgehead atoms. The third-order valence-corrected chi connectivity index (χ3v) is 2.46. The Labute approximate surface area is 89.9 Å². The molecule has 0 aliphatic rings. The van der Waals surface area contributed by atoms with Gasteiger partial charge in [0.1, 0.15) is 0 Å². The molecule has 1 rings (SSSR count). The molecule has 0 unspecified atom stereocenters. The van der Waals surface area contributed by atoms with E-state index in [1.54, 1.807) is 4.68 Å². The Hall–Kier alpha value is -1.03. The molecule has 86 valence electrons. The van der Waals surface area contributed by atoms with Crippen LogP contribution in [0.1, 0.15) is 39.0 Å². The van der Waals surface area contributed by atoms with Gasteiger partial charge in [0, 0.05) is 24.3 Å². The van der Waals surface area contributed by atoms with Gasteiger partial charge in [-0.25, -0.2) is 4.68 Å². The summed E-state index contributed by atoms with van der Waals surface area (Å²) >= 11 is 0. The standard InChI is InChI=1S/C11H20N2O2/c1-5-9-8(6-7-14)10(15)13(12-9)11(2,3)4/h12,14H,5-7H2,1-4H3. The number of hydrogen-bond acceptors (Lipinski definition) is 2. The number of aliphatic hydroxyl groups is 1. The summed E-state index contributed by atoms with van der Waals surface area (Å²) in [5.74, 6) is 0. The zero-order chi connectivity index (χ0) is 11.6. The van der Waals surface area contributed by atoms with Crippen molar-refractivity contribution in [3.8, 4) is 0 Å². The fourth-order valence-corrected chi connectivity index (χ4v) is 1.65. The van der Waals surface area contributed by atoms with Crippen LogP contribution in [0, 0.1) is 0 Å². The van der Waals surface area contributed by atoms with Gasteiger partial charge in [-0.1, -0.05) is 6.92 Å². The minimum Gasteiger partial charge on any atom is -0.396 e. The van der Waals surface area contributed by atoms with Gasteiger partial charge in [0.05, 0.1) is 5.54 Å². The van der Waals surface area contributed by atoms with Gasteiger partial charge in [-0.2, -0.15) is 0 Å². The highest BCUT2D eigenvalue weighted by molar-refractivity contribution is 5.18. The largest absolute Gasteiger partial charge is 0.396 e. The number of hydrogen-bond donors (Lipinski definition) is 2. The lowest BCUT2D eigenvalue weighted by Gasteiger charge is -2.19. The lowest BCUT2D eigenvalue weighted by molar-refractivity contribution is 0.298. The average molecular weight is 212 g/mol. The molecule has 1 aromatic rings. The molecule has 0 spiro atoms. The second-order valence-corrected chi connectivity index (χ2v) is 4.71. The van der Waals surface area contributed by atoms with E-state index in [1.165, 1.54) is 0 Å². The van der Waals surface area contributed by atoms with Crippen molar-refractivity contribution in [1.29, 1.82) is 0 Å². The van der Waals surface area contributed by atoms with Crippen molar-refractivity contribution in [3.63, 3.8) is 0 Å². The molecule has 2 N–H and O–H groups in total. The summed E-state index contributed by atoms with van der Waals surface area (Å²) in [6.45, 7) is 7.95. The van der Waals surface area contributed by atoms with Crippen LogP contribution in [-0.2, 0) is 18.4 Å². The van der Waals surface area contributed by atoms with Crippen LogP contribution in [-0.4, -0.2) is 21.5 Å². The van der Waals surface area contributed by atoms with Gasteiger partial charge < -0.3 is 5.11 Å². The molecular weight excluding hydrogens is 192 g/mol. The molecule has 0 aromatic carbocycles. The first-order chi connectivity index (χ1) is 6.91. The smallest absolute Gasteiger partial charge is 0.270 e. The SMILES string of the molecule is CCc1[nH]n(C(C)(C)C)c(=O)c1CCO. The van der Waals surface area contributed by atoms with Gasteiger partial charge in [0.2, 0.25) is 0 Å². The Morgan fingerprint density at radius 2 is 2.00 bits per heavy atom. The Balaban J connectivity index is 3.28. The second kappa shape index (κ2) is 4.23. The third-order valence-electron chi connectivity index (χ3n) is 2.46. The second-order valence-electron chi connectivity index (χ2n) is 4.71. The van der Waals surface area contributed by atoms with Gasteiger partial charge in [-0.15, -0.1) is 0 Å². The zero-order valence-corrected chi connectivity index (χ0v) is 9.92. The molecule has 1 aromatic heterocycles. The number of aliphatic hydroxyl groups excluding tert-OH is 1.